The summed E-state index contributed by atoms with van der Waals surface area (Å²) < 4.78 is 5.60. The second kappa shape index (κ2) is 6.60. The van der Waals surface area contributed by atoms with Crippen LogP contribution >= 0.6 is 0 Å². The third-order valence-electron chi connectivity index (χ3n) is 3.37. The number of nitrogens with one attached hydrogen (secondary N) is 1. The molecule has 3 nitrogen and oxygen atoms in total. The quantitative estimate of drug-likeness (QED) is 0.795. The van der Waals surface area contributed by atoms with Gasteiger partial charge in [0.25, 0.3) is 0 Å². The van der Waals surface area contributed by atoms with Crippen molar-refractivity contribution in [2.75, 3.05) is 13.2 Å². The molecule has 0 amide bonds. The SMILES string of the molecule is CC1CCCC(NCCOc2cccnc2)C1. The van der Waals surface area contributed by atoms with Crippen LogP contribution in [0.5, 0.6) is 5.75 Å². The van der Waals surface area contributed by atoms with Gasteiger partial charge in [0.05, 0.1) is 6.20 Å². The first-order valence-electron chi connectivity index (χ1n) is 6.61. The molecule has 2 rings (SSSR count). The number of hydrogen-bond acceptors (Lipinski definition) is 3. The standard InChI is InChI=1S/C14H22N2O/c1-12-4-2-5-13(10-12)16-8-9-17-14-6-3-7-15-11-14/h3,6-7,11-13,16H,2,4-5,8-10H2,1H3. The van der Waals surface area contributed by atoms with Crippen LogP contribution < -0.4 is 10.1 Å². The average molecular weight is 234 g/mol. The summed E-state index contributed by atoms with van der Waals surface area (Å²) in [5, 5.41) is 3.58. The monoisotopic (exact) mass is 234 g/mol. The van der Waals surface area contributed by atoms with Gasteiger partial charge in [0.1, 0.15) is 12.4 Å². The zero-order chi connectivity index (χ0) is 11.9. The van der Waals surface area contributed by atoms with E-state index in [4.69, 9.17) is 4.74 Å². The number of ether oxygens (including phenoxy) is 1. The predicted octanol–water partition coefficient (Wildman–Crippen LogP) is 2.63. The molecule has 1 aromatic rings. The van der Waals surface area contributed by atoms with Crippen LogP contribution in [0.2, 0.25) is 0 Å². The summed E-state index contributed by atoms with van der Waals surface area (Å²) in [4.78, 5) is 4.02. The van der Waals surface area contributed by atoms with Crippen LogP contribution in [0.25, 0.3) is 0 Å². The summed E-state index contributed by atoms with van der Waals surface area (Å²) in [5.74, 6) is 1.73. The Bertz CT molecular complexity index is 315. The first kappa shape index (κ1) is 12.4. The zero-order valence-corrected chi connectivity index (χ0v) is 10.6. The number of rotatable bonds is 5. The molecule has 3 heteroatoms. The highest BCUT2D eigenvalue weighted by Gasteiger charge is 2.17. The molecule has 1 heterocycles. The second-order valence-corrected chi connectivity index (χ2v) is 4.96. The van der Waals surface area contributed by atoms with Gasteiger partial charge in [0, 0.05) is 18.8 Å². The van der Waals surface area contributed by atoms with Crippen molar-refractivity contribution >= 4 is 0 Å². The van der Waals surface area contributed by atoms with Gasteiger partial charge in [-0.2, -0.15) is 0 Å². The summed E-state index contributed by atoms with van der Waals surface area (Å²) in [7, 11) is 0. The molecular weight excluding hydrogens is 212 g/mol. The van der Waals surface area contributed by atoms with Crippen molar-refractivity contribution in [3.05, 3.63) is 24.5 Å². The minimum atomic E-state index is 0.691. The lowest BCUT2D eigenvalue weighted by molar-refractivity contribution is 0.266. The lowest BCUT2D eigenvalue weighted by Crippen LogP contribution is -2.36. The molecule has 1 aliphatic rings. The van der Waals surface area contributed by atoms with Crippen LogP contribution in [0.1, 0.15) is 32.6 Å². The van der Waals surface area contributed by atoms with E-state index in [1.54, 1.807) is 12.4 Å². The maximum absolute atomic E-state index is 5.60. The smallest absolute Gasteiger partial charge is 0.137 e. The molecule has 0 saturated heterocycles. The van der Waals surface area contributed by atoms with E-state index in [9.17, 15) is 0 Å². The third-order valence-corrected chi connectivity index (χ3v) is 3.37. The zero-order valence-electron chi connectivity index (χ0n) is 10.6. The Labute approximate surface area is 104 Å². The van der Waals surface area contributed by atoms with Gasteiger partial charge in [-0.25, -0.2) is 0 Å². The molecule has 0 spiro atoms. The second-order valence-electron chi connectivity index (χ2n) is 4.96. The molecule has 1 fully saturated rings. The van der Waals surface area contributed by atoms with E-state index >= 15 is 0 Å². The van der Waals surface area contributed by atoms with Crippen LogP contribution in [0.15, 0.2) is 24.5 Å². The largest absolute Gasteiger partial charge is 0.491 e. The van der Waals surface area contributed by atoms with Crippen LogP contribution in [0.4, 0.5) is 0 Å². The van der Waals surface area contributed by atoms with Gasteiger partial charge in [-0.15, -0.1) is 0 Å². The highest BCUT2D eigenvalue weighted by atomic mass is 16.5. The van der Waals surface area contributed by atoms with Crippen molar-refractivity contribution in [3.63, 3.8) is 0 Å². The van der Waals surface area contributed by atoms with E-state index in [-0.39, 0.29) is 0 Å². The fourth-order valence-corrected chi connectivity index (χ4v) is 2.48. The van der Waals surface area contributed by atoms with Gasteiger partial charge in [0.2, 0.25) is 0 Å². The van der Waals surface area contributed by atoms with E-state index in [2.05, 4.69) is 17.2 Å². The Morgan fingerprint density at radius 1 is 1.47 bits per heavy atom. The Balaban J connectivity index is 1.60. The van der Waals surface area contributed by atoms with Gasteiger partial charge >= 0.3 is 0 Å². The molecule has 0 aliphatic heterocycles. The first-order valence-corrected chi connectivity index (χ1v) is 6.61. The predicted molar refractivity (Wildman–Crippen MR) is 69.2 cm³/mol. The molecule has 17 heavy (non-hydrogen) atoms. The Kier molecular flexibility index (Phi) is 4.80. The van der Waals surface area contributed by atoms with E-state index in [0.29, 0.717) is 6.04 Å². The molecule has 0 bridgehead atoms. The van der Waals surface area contributed by atoms with Crippen LogP contribution in [0, 0.1) is 5.92 Å². The van der Waals surface area contributed by atoms with Gasteiger partial charge in [-0.1, -0.05) is 19.8 Å². The van der Waals surface area contributed by atoms with E-state index in [0.717, 1.165) is 24.8 Å². The number of pyridine rings is 1. The summed E-state index contributed by atoms with van der Waals surface area (Å²) in [6, 6.07) is 4.53. The molecule has 2 atom stereocenters. The van der Waals surface area contributed by atoms with E-state index < -0.39 is 0 Å². The lowest BCUT2D eigenvalue weighted by Gasteiger charge is -2.27. The third kappa shape index (κ3) is 4.35. The Morgan fingerprint density at radius 3 is 3.18 bits per heavy atom. The normalized spacial score (nSPS) is 24.5. The van der Waals surface area contributed by atoms with Crippen molar-refractivity contribution < 1.29 is 4.74 Å². The number of nitrogens with zero attached hydrogens (tertiary/aromatic N) is 1. The molecule has 0 radical (unpaired) electrons. The average Bonchev–Trinajstić information content (AvgIpc) is 2.36. The van der Waals surface area contributed by atoms with Gasteiger partial charge in [-0.3, -0.25) is 4.98 Å². The first-order chi connectivity index (χ1) is 8.34. The topological polar surface area (TPSA) is 34.1 Å². The molecule has 2 unspecified atom stereocenters. The van der Waals surface area contributed by atoms with Crippen LogP contribution in [0.3, 0.4) is 0 Å². The summed E-state index contributed by atoms with van der Waals surface area (Å²) in [5.41, 5.74) is 0. The number of aromatic nitrogens is 1. The van der Waals surface area contributed by atoms with Crippen molar-refractivity contribution in [2.24, 2.45) is 5.92 Å². The van der Waals surface area contributed by atoms with Crippen LogP contribution in [-0.4, -0.2) is 24.2 Å². The fourth-order valence-electron chi connectivity index (χ4n) is 2.48. The fraction of sp³-hybridized carbons (Fsp3) is 0.643. The summed E-state index contributed by atoms with van der Waals surface area (Å²) in [6.07, 6.45) is 8.90. The minimum Gasteiger partial charge on any atom is -0.491 e. The molecule has 1 aromatic heterocycles. The molecular formula is C14H22N2O. The molecule has 1 saturated carbocycles. The van der Waals surface area contributed by atoms with Crippen LogP contribution in [-0.2, 0) is 0 Å². The number of hydrogen-bond donors (Lipinski definition) is 1. The van der Waals surface area contributed by atoms with Crippen molar-refractivity contribution in [3.8, 4) is 5.75 Å². The van der Waals surface area contributed by atoms with Crippen molar-refractivity contribution in [2.45, 2.75) is 38.6 Å². The molecule has 0 aromatic carbocycles. The Morgan fingerprint density at radius 2 is 2.41 bits per heavy atom. The van der Waals surface area contributed by atoms with Gasteiger partial charge in [0.15, 0.2) is 0 Å². The van der Waals surface area contributed by atoms with Gasteiger partial charge < -0.3 is 10.1 Å². The van der Waals surface area contributed by atoms with Gasteiger partial charge in [-0.05, 0) is 30.9 Å². The Hall–Kier alpha value is -1.09. The summed E-state index contributed by atoms with van der Waals surface area (Å²) >= 11 is 0. The highest BCUT2D eigenvalue weighted by Crippen LogP contribution is 2.23. The minimum absolute atomic E-state index is 0.691. The maximum atomic E-state index is 5.60. The van der Waals surface area contributed by atoms with E-state index in [1.807, 2.05) is 12.1 Å². The maximum Gasteiger partial charge on any atom is 0.137 e. The molecule has 1 N–H and O–H groups in total. The van der Waals surface area contributed by atoms with Crippen molar-refractivity contribution in [1.82, 2.24) is 10.3 Å². The van der Waals surface area contributed by atoms with E-state index in [1.165, 1.54) is 25.7 Å². The lowest BCUT2D eigenvalue weighted by atomic mass is 9.87. The molecule has 94 valence electrons. The molecule has 1 aliphatic carbocycles. The highest BCUT2D eigenvalue weighted by molar-refractivity contribution is 5.15. The summed E-state index contributed by atoms with van der Waals surface area (Å²) in [6.45, 7) is 3.99. The van der Waals surface area contributed by atoms with Crippen molar-refractivity contribution in [1.29, 1.82) is 0 Å².